The van der Waals surface area contributed by atoms with Gasteiger partial charge in [-0.1, -0.05) is 0 Å². The number of ether oxygens (including phenoxy) is 2. The van der Waals surface area contributed by atoms with Gasteiger partial charge in [0.2, 0.25) is 6.79 Å². The van der Waals surface area contributed by atoms with Crippen molar-refractivity contribution in [2.24, 2.45) is 12.0 Å². The summed E-state index contributed by atoms with van der Waals surface area (Å²) in [5, 5.41) is 3.39. The predicted octanol–water partition coefficient (Wildman–Crippen LogP) is 2.72. The largest absolute Gasteiger partial charge is 0.454 e. The van der Waals surface area contributed by atoms with Gasteiger partial charge in [-0.3, -0.25) is 4.99 Å². The van der Waals surface area contributed by atoms with Crippen molar-refractivity contribution >= 4 is 21.9 Å². The number of rotatable bonds is 4. The fourth-order valence-corrected chi connectivity index (χ4v) is 3.27. The van der Waals surface area contributed by atoms with Crippen molar-refractivity contribution in [3.8, 4) is 11.5 Å². The number of hydrogen-bond acceptors (Lipinski definition) is 3. The van der Waals surface area contributed by atoms with E-state index in [1.54, 1.807) is 7.05 Å². The van der Waals surface area contributed by atoms with Gasteiger partial charge in [-0.15, -0.1) is 0 Å². The van der Waals surface area contributed by atoms with Crippen LogP contribution >= 0.6 is 15.9 Å². The van der Waals surface area contributed by atoms with Crippen LogP contribution in [-0.2, 0) is 20.1 Å². The molecule has 0 amide bonds. The molecule has 1 aromatic heterocycles. The summed E-state index contributed by atoms with van der Waals surface area (Å²) < 4.78 is 13.9. The van der Waals surface area contributed by atoms with Gasteiger partial charge in [-0.05, 0) is 45.8 Å². The molecule has 0 saturated carbocycles. The molecule has 1 aliphatic rings. The van der Waals surface area contributed by atoms with Gasteiger partial charge >= 0.3 is 0 Å². The Morgan fingerprint density at radius 2 is 2.25 bits per heavy atom. The van der Waals surface area contributed by atoms with Gasteiger partial charge in [0.15, 0.2) is 17.5 Å². The molecule has 2 heterocycles. The summed E-state index contributed by atoms with van der Waals surface area (Å²) in [7, 11) is 5.86. The Bertz CT molecular complexity index is 757. The number of fused-ring (bicyclic) bond motifs is 1. The first-order valence-electron chi connectivity index (χ1n) is 7.68. The third-order valence-electron chi connectivity index (χ3n) is 3.96. The monoisotopic (exact) mass is 392 g/mol. The third kappa shape index (κ3) is 3.51. The number of hydrogen-bond donors (Lipinski definition) is 1. The van der Waals surface area contributed by atoms with Crippen LogP contribution in [0.1, 0.15) is 11.3 Å². The molecule has 128 valence electrons. The van der Waals surface area contributed by atoms with Gasteiger partial charge in [0.05, 0.1) is 11.0 Å². The van der Waals surface area contributed by atoms with Gasteiger partial charge < -0.3 is 24.3 Å². The van der Waals surface area contributed by atoms with Gasteiger partial charge in [-0.2, -0.15) is 0 Å². The number of aliphatic imine (C=N–C) groups is 1. The van der Waals surface area contributed by atoms with Crippen LogP contribution in [0.4, 0.5) is 0 Å². The van der Waals surface area contributed by atoms with E-state index in [1.807, 2.05) is 38.5 Å². The molecular formula is C17H21BrN4O2. The maximum Gasteiger partial charge on any atom is 0.231 e. The number of aromatic nitrogens is 1. The summed E-state index contributed by atoms with van der Waals surface area (Å²) in [6, 6.07) is 8.18. The van der Waals surface area contributed by atoms with E-state index in [2.05, 4.69) is 41.8 Å². The van der Waals surface area contributed by atoms with Crippen molar-refractivity contribution in [2.45, 2.75) is 13.1 Å². The lowest BCUT2D eigenvalue weighted by molar-refractivity contribution is 0.173. The molecule has 24 heavy (non-hydrogen) atoms. The molecule has 0 fully saturated rings. The second-order valence-electron chi connectivity index (χ2n) is 5.68. The third-order valence-corrected chi connectivity index (χ3v) is 4.55. The summed E-state index contributed by atoms with van der Waals surface area (Å²) >= 11 is 3.52. The molecular weight excluding hydrogens is 372 g/mol. The fraction of sp³-hybridized carbons (Fsp3) is 0.353. The number of halogens is 1. The zero-order chi connectivity index (χ0) is 17.1. The standard InChI is InChI=1S/C17H21BrN4O2/c1-19-17(22(3)10-13-5-4-6-21(13)2)20-9-12-7-14(18)16-15(8-12)23-11-24-16/h4-8H,9-11H2,1-3H3,(H,19,20). The lowest BCUT2D eigenvalue weighted by atomic mass is 10.2. The summed E-state index contributed by atoms with van der Waals surface area (Å²) in [6.07, 6.45) is 2.05. The van der Waals surface area contributed by atoms with Crippen LogP contribution in [0.15, 0.2) is 39.9 Å². The molecule has 7 heteroatoms. The molecule has 0 aliphatic carbocycles. The van der Waals surface area contributed by atoms with Crippen LogP contribution in [-0.4, -0.2) is 36.3 Å². The van der Waals surface area contributed by atoms with Crippen molar-refractivity contribution < 1.29 is 9.47 Å². The van der Waals surface area contributed by atoms with Crippen molar-refractivity contribution in [2.75, 3.05) is 20.9 Å². The maximum absolute atomic E-state index is 5.46. The first-order chi connectivity index (χ1) is 11.6. The van der Waals surface area contributed by atoms with E-state index in [0.717, 1.165) is 34.0 Å². The van der Waals surface area contributed by atoms with Gasteiger partial charge in [-0.25, -0.2) is 0 Å². The number of guanidine groups is 1. The van der Waals surface area contributed by atoms with Crippen LogP contribution < -0.4 is 14.8 Å². The quantitative estimate of drug-likeness (QED) is 0.641. The molecule has 1 N–H and O–H groups in total. The van der Waals surface area contributed by atoms with Crippen molar-refractivity contribution in [3.63, 3.8) is 0 Å². The van der Waals surface area contributed by atoms with E-state index in [-0.39, 0.29) is 6.79 Å². The summed E-state index contributed by atoms with van der Waals surface area (Å²) in [6.45, 7) is 1.71. The van der Waals surface area contributed by atoms with Gasteiger partial charge in [0, 0.05) is 39.6 Å². The number of aryl methyl sites for hydroxylation is 1. The molecule has 2 aromatic rings. The molecule has 0 atom stereocenters. The highest BCUT2D eigenvalue weighted by atomic mass is 79.9. The van der Waals surface area contributed by atoms with Gasteiger partial charge in [0.1, 0.15) is 0 Å². The Labute approximate surface area is 150 Å². The van der Waals surface area contributed by atoms with E-state index >= 15 is 0 Å². The molecule has 3 rings (SSSR count). The Balaban J connectivity index is 1.64. The molecule has 0 unspecified atom stereocenters. The smallest absolute Gasteiger partial charge is 0.231 e. The Morgan fingerprint density at radius 3 is 2.96 bits per heavy atom. The summed E-state index contributed by atoms with van der Waals surface area (Å²) in [5.41, 5.74) is 2.32. The van der Waals surface area contributed by atoms with Crippen LogP contribution in [0.3, 0.4) is 0 Å². The summed E-state index contributed by atoms with van der Waals surface area (Å²) in [4.78, 5) is 6.46. The van der Waals surface area contributed by atoms with Crippen molar-refractivity contribution in [1.82, 2.24) is 14.8 Å². The Hall–Kier alpha value is -2.15. The topological polar surface area (TPSA) is 51.0 Å². The highest BCUT2D eigenvalue weighted by Gasteiger charge is 2.18. The minimum Gasteiger partial charge on any atom is -0.454 e. The molecule has 0 spiro atoms. The Morgan fingerprint density at radius 1 is 1.42 bits per heavy atom. The lowest BCUT2D eigenvalue weighted by Crippen LogP contribution is -2.38. The van der Waals surface area contributed by atoms with Crippen LogP contribution in [0, 0.1) is 0 Å². The van der Waals surface area contributed by atoms with E-state index in [1.165, 1.54) is 5.69 Å². The fourth-order valence-electron chi connectivity index (χ4n) is 2.67. The second-order valence-corrected chi connectivity index (χ2v) is 6.53. The van der Waals surface area contributed by atoms with Crippen LogP contribution in [0.5, 0.6) is 11.5 Å². The molecule has 0 bridgehead atoms. The molecule has 0 radical (unpaired) electrons. The average molecular weight is 393 g/mol. The lowest BCUT2D eigenvalue weighted by Gasteiger charge is -2.22. The normalized spacial score (nSPS) is 13.2. The second kappa shape index (κ2) is 7.17. The van der Waals surface area contributed by atoms with E-state index in [4.69, 9.17) is 9.47 Å². The number of nitrogens with one attached hydrogen (secondary N) is 1. The van der Waals surface area contributed by atoms with Crippen LogP contribution in [0.25, 0.3) is 0 Å². The minimum absolute atomic E-state index is 0.270. The maximum atomic E-state index is 5.46. The highest BCUT2D eigenvalue weighted by molar-refractivity contribution is 9.10. The van der Waals surface area contributed by atoms with E-state index < -0.39 is 0 Å². The van der Waals surface area contributed by atoms with Crippen molar-refractivity contribution in [1.29, 1.82) is 0 Å². The number of benzene rings is 1. The van der Waals surface area contributed by atoms with Gasteiger partial charge in [0.25, 0.3) is 0 Å². The van der Waals surface area contributed by atoms with E-state index in [9.17, 15) is 0 Å². The zero-order valence-electron chi connectivity index (χ0n) is 14.0. The molecule has 1 aromatic carbocycles. The predicted molar refractivity (Wildman–Crippen MR) is 97.3 cm³/mol. The molecule has 0 saturated heterocycles. The zero-order valence-corrected chi connectivity index (χ0v) is 15.6. The van der Waals surface area contributed by atoms with Crippen LogP contribution in [0.2, 0.25) is 0 Å². The number of nitrogens with zero attached hydrogens (tertiary/aromatic N) is 3. The highest BCUT2D eigenvalue weighted by Crippen LogP contribution is 2.39. The minimum atomic E-state index is 0.270. The van der Waals surface area contributed by atoms with Crippen molar-refractivity contribution in [3.05, 3.63) is 46.2 Å². The average Bonchev–Trinajstić information content (AvgIpc) is 3.18. The molecule has 1 aliphatic heterocycles. The first kappa shape index (κ1) is 16.7. The first-order valence-corrected chi connectivity index (χ1v) is 8.48. The SMILES string of the molecule is CN=C(NCc1cc(Br)c2c(c1)OCO2)N(C)Cc1cccn1C. The Kier molecular flexibility index (Phi) is 4.99. The van der Waals surface area contributed by atoms with E-state index in [0.29, 0.717) is 6.54 Å². The summed E-state index contributed by atoms with van der Waals surface area (Å²) in [5.74, 6) is 2.38. The molecule has 6 nitrogen and oxygen atoms in total.